The van der Waals surface area contributed by atoms with Gasteiger partial charge < -0.3 is 10.2 Å². The molecule has 4 nitrogen and oxygen atoms in total. The van der Waals surface area contributed by atoms with Gasteiger partial charge in [-0.05, 0) is 26.0 Å². The van der Waals surface area contributed by atoms with Crippen LogP contribution in [0.3, 0.4) is 0 Å². The van der Waals surface area contributed by atoms with Crippen LogP contribution in [-0.4, -0.2) is 55.0 Å². The lowest BCUT2D eigenvalue weighted by atomic mass is 10.0. The quantitative estimate of drug-likeness (QED) is 0.854. The van der Waals surface area contributed by atoms with Crippen molar-refractivity contribution in [3.05, 3.63) is 35.4 Å². The number of nitrogens with zero attached hydrogens (tertiary/aromatic N) is 2. The number of rotatable bonds is 3. The van der Waals surface area contributed by atoms with E-state index < -0.39 is 11.6 Å². The SMILES string of the molecule is CC(c1ccc(F)cc1F)N1CCN(C(=O)C2CCNC2)CC1.Cl.Cl. The summed E-state index contributed by atoms with van der Waals surface area (Å²) in [5.74, 6) is -0.726. The topological polar surface area (TPSA) is 35.6 Å². The number of carbonyl (C=O) groups is 1. The minimum Gasteiger partial charge on any atom is -0.340 e. The van der Waals surface area contributed by atoms with Crippen LogP contribution in [-0.2, 0) is 4.79 Å². The highest BCUT2D eigenvalue weighted by Crippen LogP contribution is 2.25. The number of piperazine rings is 1. The van der Waals surface area contributed by atoms with Gasteiger partial charge in [0.25, 0.3) is 0 Å². The van der Waals surface area contributed by atoms with Crippen LogP contribution in [0.5, 0.6) is 0 Å². The Morgan fingerprint density at radius 1 is 1.20 bits per heavy atom. The lowest BCUT2D eigenvalue weighted by Gasteiger charge is -2.39. The third-order valence-electron chi connectivity index (χ3n) is 5.00. The molecule has 2 heterocycles. The van der Waals surface area contributed by atoms with Crippen molar-refractivity contribution in [2.24, 2.45) is 5.92 Å². The van der Waals surface area contributed by atoms with Gasteiger partial charge in [0, 0.05) is 50.4 Å². The molecule has 0 aromatic heterocycles. The van der Waals surface area contributed by atoms with E-state index in [1.165, 1.54) is 12.1 Å². The van der Waals surface area contributed by atoms with Crippen molar-refractivity contribution in [2.75, 3.05) is 39.3 Å². The maximum Gasteiger partial charge on any atom is 0.227 e. The van der Waals surface area contributed by atoms with Crippen LogP contribution < -0.4 is 5.32 Å². The van der Waals surface area contributed by atoms with E-state index in [-0.39, 0.29) is 42.7 Å². The van der Waals surface area contributed by atoms with Gasteiger partial charge in [-0.2, -0.15) is 0 Å². The molecule has 2 atom stereocenters. The fourth-order valence-electron chi connectivity index (χ4n) is 3.49. The van der Waals surface area contributed by atoms with Crippen molar-refractivity contribution in [1.82, 2.24) is 15.1 Å². The molecule has 1 N–H and O–H groups in total. The Hall–Kier alpha value is -0.950. The maximum absolute atomic E-state index is 13.9. The summed E-state index contributed by atoms with van der Waals surface area (Å²) in [6, 6.07) is 3.61. The molecule has 2 unspecified atom stereocenters. The second kappa shape index (κ2) is 9.67. The molecular formula is C17H25Cl2F2N3O. The highest BCUT2D eigenvalue weighted by molar-refractivity contribution is 5.85. The normalized spacial score (nSPS) is 22.0. The minimum absolute atomic E-state index is 0. The van der Waals surface area contributed by atoms with E-state index in [1.54, 1.807) is 0 Å². The van der Waals surface area contributed by atoms with Gasteiger partial charge >= 0.3 is 0 Å². The van der Waals surface area contributed by atoms with Crippen LogP contribution in [0.4, 0.5) is 8.78 Å². The van der Waals surface area contributed by atoms with Crippen LogP contribution in [0.25, 0.3) is 0 Å². The van der Waals surface area contributed by atoms with E-state index in [0.29, 0.717) is 31.7 Å². The molecule has 8 heteroatoms. The molecule has 3 rings (SSSR count). The lowest BCUT2D eigenvalue weighted by molar-refractivity contribution is -0.137. The summed E-state index contributed by atoms with van der Waals surface area (Å²) in [6.45, 7) is 6.38. The number of nitrogens with one attached hydrogen (secondary N) is 1. The smallest absolute Gasteiger partial charge is 0.227 e. The molecule has 1 amide bonds. The minimum atomic E-state index is -0.556. The monoisotopic (exact) mass is 395 g/mol. The van der Waals surface area contributed by atoms with Crippen LogP contribution in [0, 0.1) is 17.6 Å². The predicted molar refractivity (Wildman–Crippen MR) is 98.4 cm³/mol. The third kappa shape index (κ3) is 5.03. The molecule has 25 heavy (non-hydrogen) atoms. The Morgan fingerprint density at radius 2 is 1.88 bits per heavy atom. The summed E-state index contributed by atoms with van der Waals surface area (Å²) in [5, 5.41) is 3.22. The van der Waals surface area contributed by atoms with Gasteiger partial charge in [0.1, 0.15) is 11.6 Å². The molecule has 2 aliphatic heterocycles. The third-order valence-corrected chi connectivity index (χ3v) is 5.00. The summed E-state index contributed by atoms with van der Waals surface area (Å²) < 4.78 is 27.0. The van der Waals surface area contributed by atoms with Crippen LogP contribution in [0.15, 0.2) is 18.2 Å². The Bertz CT molecular complexity index is 577. The number of hydrogen-bond acceptors (Lipinski definition) is 3. The fraction of sp³-hybridized carbons (Fsp3) is 0.588. The molecule has 1 aromatic carbocycles. The molecule has 0 bridgehead atoms. The lowest BCUT2D eigenvalue weighted by Crippen LogP contribution is -2.51. The van der Waals surface area contributed by atoms with E-state index in [2.05, 4.69) is 10.2 Å². The molecule has 2 saturated heterocycles. The summed E-state index contributed by atoms with van der Waals surface area (Å²) in [6.07, 6.45) is 0.913. The Balaban J connectivity index is 0.00000156. The number of benzene rings is 1. The van der Waals surface area contributed by atoms with E-state index in [0.717, 1.165) is 25.6 Å². The van der Waals surface area contributed by atoms with Gasteiger partial charge in [0.05, 0.1) is 5.92 Å². The molecule has 2 fully saturated rings. The molecular weight excluding hydrogens is 371 g/mol. The van der Waals surface area contributed by atoms with E-state index in [4.69, 9.17) is 0 Å². The first kappa shape index (κ1) is 22.1. The first-order valence-electron chi connectivity index (χ1n) is 8.25. The molecule has 0 saturated carbocycles. The first-order chi connectivity index (χ1) is 11.1. The number of hydrogen-bond donors (Lipinski definition) is 1. The largest absolute Gasteiger partial charge is 0.340 e. The number of carbonyl (C=O) groups excluding carboxylic acids is 1. The van der Waals surface area contributed by atoms with Gasteiger partial charge in [-0.25, -0.2) is 8.78 Å². The van der Waals surface area contributed by atoms with E-state index in [9.17, 15) is 13.6 Å². The zero-order chi connectivity index (χ0) is 16.4. The second-order valence-electron chi connectivity index (χ2n) is 6.39. The summed E-state index contributed by atoms with van der Waals surface area (Å²) >= 11 is 0. The standard InChI is InChI=1S/C17H23F2N3O.2ClH/c1-12(15-3-2-14(18)10-16(15)19)21-6-8-22(9-7-21)17(23)13-4-5-20-11-13;;/h2-3,10,12-13,20H,4-9,11H2,1H3;2*1H. The highest BCUT2D eigenvalue weighted by atomic mass is 35.5. The second-order valence-corrected chi connectivity index (χ2v) is 6.39. The number of amides is 1. The maximum atomic E-state index is 13.9. The predicted octanol–water partition coefficient (Wildman–Crippen LogP) is 2.62. The molecule has 0 aliphatic carbocycles. The van der Waals surface area contributed by atoms with Crippen molar-refractivity contribution in [3.63, 3.8) is 0 Å². The Kier molecular flexibility index (Phi) is 8.54. The molecule has 2 aliphatic rings. The first-order valence-corrected chi connectivity index (χ1v) is 8.25. The molecule has 0 radical (unpaired) electrons. The highest BCUT2D eigenvalue weighted by Gasteiger charge is 2.31. The van der Waals surface area contributed by atoms with Crippen LogP contribution in [0.1, 0.15) is 24.9 Å². The van der Waals surface area contributed by atoms with Gasteiger partial charge in [0.15, 0.2) is 0 Å². The summed E-state index contributed by atoms with van der Waals surface area (Å²) in [7, 11) is 0. The van der Waals surface area contributed by atoms with Gasteiger partial charge in [0.2, 0.25) is 5.91 Å². The van der Waals surface area contributed by atoms with E-state index >= 15 is 0 Å². The van der Waals surface area contributed by atoms with Crippen molar-refractivity contribution in [1.29, 1.82) is 0 Å². The van der Waals surface area contributed by atoms with Gasteiger partial charge in [-0.1, -0.05) is 6.07 Å². The average Bonchev–Trinajstić information content (AvgIpc) is 3.08. The fourth-order valence-corrected chi connectivity index (χ4v) is 3.49. The van der Waals surface area contributed by atoms with E-state index in [1.807, 2.05) is 11.8 Å². The van der Waals surface area contributed by atoms with Crippen LogP contribution >= 0.6 is 24.8 Å². The Morgan fingerprint density at radius 3 is 2.44 bits per heavy atom. The van der Waals surface area contributed by atoms with Crippen LogP contribution in [0.2, 0.25) is 0 Å². The zero-order valence-electron chi connectivity index (χ0n) is 14.2. The molecule has 1 aromatic rings. The summed E-state index contributed by atoms with van der Waals surface area (Å²) in [5.41, 5.74) is 0.506. The molecule has 0 spiro atoms. The summed E-state index contributed by atoms with van der Waals surface area (Å²) in [4.78, 5) is 16.5. The zero-order valence-corrected chi connectivity index (χ0v) is 15.8. The van der Waals surface area contributed by atoms with Crippen molar-refractivity contribution in [2.45, 2.75) is 19.4 Å². The van der Waals surface area contributed by atoms with Gasteiger partial charge in [-0.15, -0.1) is 24.8 Å². The number of halogens is 4. The molecule has 142 valence electrons. The van der Waals surface area contributed by atoms with Crippen molar-refractivity contribution in [3.8, 4) is 0 Å². The van der Waals surface area contributed by atoms with Crippen molar-refractivity contribution < 1.29 is 13.6 Å². The Labute approximate surface area is 159 Å². The van der Waals surface area contributed by atoms with Crippen molar-refractivity contribution >= 4 is 30.7 Å². The average molecular weight is 396 g/mol. The van der Waals surface area contributed by atoms with Gasteiger partial charge in [-0.3, -0.25) is 9.69 Å².